The summed E-state index contributed by atoms with van der Waals surface area (Å²) in [5, 5.41) is 10.8. The first kappa shape index (κ1) is 12.4. The molecular formula is C12H11ClN2OS. The molecule has 2 aromatic rings. The third kappa shape index (κ3) is 3.19. The fourth-order valence-electron chi connectivity index (χ4n) is 1.31. The second kappa shape index (κ2) is 5.49. The van der Waals surface area contributed by atoms with Crippen LogP contribution in [0.5, 0.6) is 0 Å². The van der Waals surface area contributed by atoms with Gasteiger partial charge in [0.05, 0.1) is 17.3 Å². The van der Waals surface area contributed by atoms with Gasteiger partial charge in [-0.25, -0.2) is 4.98 Å². The Balaban J connectivity index is 2.23. The number of hydrogen-bond donors (Lipinski definition) is 1. The molecule has 0 radical (unpaired) electrons. The quantitative estimate of drug-likeness (QED) is 0.926. The molecule has 2 rings (SSSR count). The summed E-state index contributed by atoms with van der Waals surface area (Å²) in [4.78, 5) is 9.05. The van der Waals surface area contributed by atoms with Crippen molar-refractivity contribution in [3.05, 3.63) is 47.4 Å². The van der Waals surface area contributed by atoms with Crippen molar-refractivity contribution in [3.63, 3.8) is 0 Å². The zero-order valence-electron chi connectivity index (χ0n) is 9.17. The molecule has 1 atom stereocenters. The maximum atomic E-state index is 9.44. The number of nitrogens with zero attached hydrogens (tertiary/aromatic N) is 2. The van der Waals surface area contributed by atoms with Gasteiger partial charge in [-0.1, -0.05) is 29.4 Å². The van der Waals surface area contributed by atoms with E-state index in [9.17, 15) is 5.11 Å². The highest BCUT2D eigenvalue weighted by Crippen LogP contribution is 2.33. The smallest absolute Gasteiger partial charge is 0.119 e. The highest BCUT2D eigenvalue weighted by molar-refractivity contribution is 7.99. The first-order valence-electron chi connectivity index (χ1n) is 5.08. The Morgan fingerprint density at radius 1 is 1.35 bits per heavy atom. The minimum absolute atomic E-state index is 0.511. The lowest BCUT2D eigenvalue weighted by Gasteiger charge is -2.08. The summed E-state index contributed by atoms with van der Waals surface area (Å²) in [5.74, 6) is 0. The first-order valence-corrected chi connectivity index (χ1v) is 6.27. The van der Waals surface area contributed by atoms with E-state index in [0.717, 1.165) is 15.5 Å². The van der Waals surface area contributed by atoms with Crippen molar-refractivity contribution in [3.8, 4) is 0 Å². The highest BCUT2D eigenvalue weighted by Gasteiger charge is 2.07. The van der Waals surface area contributed by atoms with E-state index >= 15 is 0 Å². The molecule has 3 nitrogen and oxygen atoms in total. The summed E-state index contributed by atoms with van der Waals surface area (Å²) in [6.07, 6.45) is 4.44. The first-order chi connectivity index (χ1) is 8.16. The van der Waals surface area contributed by atoms with Crippen LogP contribution in [0.3, 0.4) is 0 Å². The number of aliphatic hydroxyl groups is 1. The van der Waals surface area contributed by atoms with Crippen LogP contribution >= 0.6 is 23.4 Å². The summed E-state index contributed by atoms with van der Waals surface area (Å²) in [5.41, 5.74) is 0.804. The summed E-state index contributed by atoms with van der Waals surface area (Å²) >= 11 is 7.59. The Kier molecular flexibility index (Phi) is 3.99. The average Bonchev–Trinajstić information content (AvgIpc) is 2.33. The number of aromatic nitrogens is 2. The lowest BCUT2D eigenvalue weighted by molar-refractivity contribution is 0.199. The van der Waals surface area contributed by atoms with E-state index in [-0.39, 0.29) is 0 Å². The Hall–Kier alpha value is -1.10. The van der Waals surface area contributed by atoms with Crippen LogP contribution < -0.4 is 0 Å². The van der Waals surface area contributed by atoms with Gasteiger partial charge in [-0.05, 0) is 24.6 Å². The molecule has 1 aromatic carbocycles. The maximum Gasteiger partial charge on any atom is 0.119 e. The Morgan fingerprint density at radius 3 is 2.76 bits per heavy atom. The normalized spacial score (nSPS) is 12.4. The predicted molar refractivity (Wildman–Crippen MR) is 68.2 cm³/mol. The lowest BCUT2D eigenvalue weighted by Crippen LogP contribution is -1.91. The summed E-state index contributed by atoms with van der Waals surface area (Å²) in [7, 11) is 0. The van der Waals surface area contributed by atoms with Crippen LogP contribution in [0.2, 0.25) is 5.02 Å². The van der Waals surface area contributed by atoms with Crippen molar-refractivity contribution in [2.24, 2.45) is 0 Å². The molecule has 1 unspecified atom stereocenters. The summed E-state index contributed by atoms with van der Waals surface area (Å²) in [6.45, 7) is 1.71. The van der Waals surface area contributed by atoms with E-state index in [1.807, 2.05) is 12.1 Å². The Bertz CT molecular complexity index is 505. The van der Waals surface area contributed by atoms with Crippen LogP contribution in [-0.4, -0.2) is 15.1 Å². The van der Waals surface area contributed by atoms with Crippen molar-refractivity contribution < 1.29 is 5.11 Å². The standard InChI is InChI=1S/C12H11ClN2OS/c1-8(16)9-2-3-11(10(13)6-9)17-12-7-14-4-5-15-12/h2-8,16H,1H3. The molecular weight excluding hydrogens is 256 g/mol. The van der Waals surface area contributed by atoms with Gasteiger partial charge in [0.25, 0.3) is 0 Å². The van der Waals surface area contributed by atoms with Crippen LogP contribution in [0, 0.1) is 0 Å². The van der Waals surface area contributed by atoms with E-state index in [2.05, 4.69) is 9.97 Å². The number of benzene rings is 1. The van der Waals surface area contributed by atoms with Crippen LogP contribution in [-0.2, 0) is 0 Å². The molecule has 0 saturated heterocycles. The molecule has 5 heteroatoms. The molecule has 0 amide bonds. The monoisotopic (exact) mass is 266 g/mol. The van der Waals surface area contributed by atoms with Crippen molar-refractivity contribution in [2.75, 3.05) is 0 Å². The number of hydrogen-bond acceptors (Lipinski definition) is 4. The van der Waals surface area contributed by atoms with Gasteiger partial charge in [0.1, 0.15) is 5.03 Å². The van der Waals surface area contributed by atoms with Crippen molar-refractivity contribution >= 4 is 23.4 Å². The topological polar surface area (TPSA) is 46.0 Å². The van der Waals surface area contributed by atoms with E-state index in [0.29, 0.717) is 5.02 Å². The lowest BCUT2D eigenvalue weighted by atomic mass is 10.1. The van der Waals surface area contributed by atoms with E-state index in [4.69, 9.17) is 11.6 Å². The van der Waals surface area contributed by atoms with Crippen LogP contribution in [0.25, 0.3) is 0 Å². The predicted octanol–water partition coefficient (Wildman–Crippen LogP) is 3.33. The Labute approximate surface area is 109 Å². The fraction of sp³-hybridized carbons (Fsp3) is 0.167. The van der Waals surface area contributed by atoms with Crippen molar-refractivity contribution in [2.45, 2.75) is 22.9 Å². The SMILES string of the molecule is CC(O)c1ccc(Sc2cnccn2)c(Cl)c1. The third-order valence-corrected chi connectivity index (χ3v) is 3.61. The summed E-state index contributed by atoms with van der Waals surface area (Å²) < 4.78 is 0. The van der Waals surface area contributed by atoms with E-state index < -0.39 is 6.10 Å². The largest absolute Gasteiger partial charge is 0.389 e. The molecule has 1 N–H and O–H groups in total. The molecule has 0 aliphatic carbocycles. The molecule has 0 saturated carbocycles. The highest BCUT2D eigenvalue weighted by atomic mass is 35.5. The third-order valence-electron chi connectivity index (χ3n) is 2.19. The number of aliphatic hydroxyl groups excluding tert-OH is 1. The van der Waals surface area contributed by atoms with E-state index in [1.54, 1.807) is 31.6 Å². The molecule has 17 heavy (non-hydrogen) atoms. The average molecular weight is 267 g/mol. The molecule has 0 aliphatic rings. The van der Waals surface area contributed by atoms with Crippen molar-refractivity contribution in [1.29, 1.82) is 0 Å². The van der Waals surface area contributed by atoms with Gasteiger partial charge in [-0.15, -0.1) is 0 Å². The molecule has 0 fully saturated rings. The fourth-order valence-corrected chi connectivity index (χ4v) is 2.36. The molecule has 1 heterocycles. The van der Waals surface area contributed by atoms with Crippen LogP contribution in [0.1, 0.15) is 18.6 Å². The van der Waals surface area contributed by atoms with Gasteiger partial charge < -0.3 is 5.11 Å². The van der Waals surface area contributed by atoms with Gasteiger partial charge in [0, 0.05) is 17.3 Å². The van der Waals surface area contributed by atoms with Gasteiger partial charge in [-0.3, -0.25) is 4.98 Å². The van der Waals surface area contributed by atoms with E-state index in [1.165, 1.54) is 11.8 Å². The molecule has 1 aromatic heterocycles. The number of halogens is 1. The zero-order valence-corrected chi connectivity index (χ0v) is 10.7. The van der Waals surface area contributed by atoms with Crippen LogP contribution in [0.15, 0.2) is 46.7 Å². The summed E-state index contributed by atoms with van der Waals surface area (Å²) in [6, 6.07) is 5.50. The molecule has 0 bridgehead atoms. The minimum atomic E-state index is -0.511. The van der Waals surface area contributed by atoms with Gasteiger partial charge in [-0.2, -0.15) is 0 Å². The minimum Gasteiger partial charge on any atom is -0.389 e. The Morgan fingerprint density at radius 2 is 2.18 bits per heavy atom. The van der Waals surface area contributed by atoms with Crippen molar-refractivity contribution in [1.82, 2.24) is 9.97 Å². The molecule has 0 spiro atoms. The second-order valence-corrected chi connectivity index (χ2v) is 4.98. The van der Waals surface area contributed by atoms with Gasteiger partial charge in [0.15, 0.2) is 0 Å². The van der Waals surface area contributed by atoms with Crippen LogP contribution in [0.4, 0.5) is 0 Å². The second-order valence-electron chi connectivity index (χ2n) is 3.51. The van der Waals surface area contributed by atoms with Gasteiger partial charge in [0.2, 0.25) is 0 Å². The molecule has 88 valence electrons. The molecule has 0 aliphatic heterocycles. The maximum absolute atomic E-state index is 9.44. The zero-order chi connectivity index (χ0) is 12.3. The van der Waals surface area contributed by atoms with Gasteiger partial charge >= 0.3 is 0 Å². The number of rotatable bonds is 3.